The Hall–Kier alpha value is -2.66. The average Bonchev–Trinajstić information content (AvgIpc) is 2.74. The average molecular weight is 408 g/mol. The lowest BCUT2D eigenvalue weighted by molar-refractivity contribution is -0.124. The summed E-state index contributed by atoms with van der Waals surface area (Å²) >= 11 is 0. The fraction of sp³-hybridized carbons (Fsp3) is 0.440. The van der Waals surface area contributed by atoms with Crippen LogP contribution >= 0.6 is 0 Å². The van der Waals surface area contributed by atoms with Gasteiger partial charge in [0.2, 0.25) is 11.8 Å². The van der Waals surface area contributed by atoms with E-state index >= 15 is 0 Å². The normalized spacial score (nSPS) is 17.0. The number of nitrogens with zero attached hydrogens (tertiary/aromatic N) is 1. The van der Waals surface area contributed by atoms with Gasteiger partial charge in [0.05, 0.1) is 6.54 Å². The third-order valence-corrected chi connectivity index (χ3v) is 5.59. The van der Waals surface area contributed by atoms with Crippen LogP contribution in [0.1, 0.15) is 37.8 Å². The zero-order chi connectivity index (χ0) is 21.3. The largest absolute Gasteiger partial charge is 0.356 e. The number of hydrogen-bond donors (Lipinski definition) is 2. The van der Waals surface area contributed by atoms with Crippen LogP contribution in [0.3, 0.4) is 0 Å². The fourth-order valence-corrected chi connectivity index (χ4v) is 3.92. The van der Waals surface area contributed by atoms with Crippen LogP contribution in [0.5, 0.6) is 0 Å². The smallest absolute Gasteiger partial charge is 0.238 e. The van der Waals surface area contributed by atoms with E-state index in [1.165, 1.54) is 5.56 Å². The summed E-state index contributed by atoms with van der Waals surface area (Å²) in [5.74, 6) is 0.522. The molecule has 0 radical (unpaired) electrons. The predicted molar refractivity (Wildman–Crippen MR) is 121 cm³/mol. The van der Waals surface area contributed by atoms with E-state index in [1.807, 2.05) is 50.2 Å². The number of carbonyl (C=O) groups is 2. The topological polar surface area (TPSA) is 61.4 Å². The molecule has 1 heterocycles. The van der Waals surface area contributed by atoms with Gasteiger partial charge < -0.3 is 10.6 Å². The minimum absolute atomic E-state index is 0.00595. The first kappa shape index (κ1) is 22.0. The molecule has 0 aromatic heterocycles. The van der Waals surface area contributed by atoms with Crippen molar-refractivity contribution in [1.29, 1.82) is 0 Å². The molecule has 0 saturated carbocycles. The molecule has 5 heteroatoms. The molecule has 1 atom stereocenters. The van der Waals surface area contributed by atoms with Gasteiger partial charge in [-0.1, -0.05) is 62.4 Å². The Bertz CT molecular complexity index is 835. The van der Waals surface area contributed by atoms with Gasteiger partial charge in [0.15, 0.2) is 0 Å². The lowest BCUT2D eigenvalue weighted by Crippen LogP contribution is -2.44. The maximum absolute atomic E-state index is 12.7. The molecular weight excluding hydrogens is 374 g/mol. The van der Waals surface area contributed by atoms with Crippen molar-refractivity contribution in [3.63, 3.8) is 0 Å². The van der Waals surface area contributed by atoms with E-state index in [4.69, 9.17) is 0 Å². The maximum Gasteiger partial charge on any atom is 0.238 e. The number of hydrogen-bond acceptors (Lipinski definition) is 3. The summed E-state index contributed by atoms with van der Waals surface area (Å²) in [5, 5.41) is 6.14. The minimum Gasteiger partial charge on any atom is -0.356 e. The van der Waals surface area contributed by atoms with Crippen molar-refractivity contribution in [3.05, 3.63) is 65.7 Å². The summed E-state index contributed by atoms with van der Waals surface area (Å²) in [5.41, 5.74) is 3.22. The Kier molecular flexibility index (Phi) is 8.03. The van der Waals surface area contributed by atoms with Crippen LogP contribution in [0.4, 0.5) is 5.69 Å². The van der Waals surface area contributed by atoms with Crippen LogP contribution < -0.4 is 10.6 Å². The molecule has 2 aromatic rings. The second-order valence-electron chi connectivity index (χ2n) is 8.51. The van der Waals surface area contributed by atoms with Crippen molar-refractivity contribution >= 4 is 17.5 Å². The Balaban J connectivity index is 1.52. The molecule has 30 heavy (non-hydrogen) atoms. The van der Waals surface area contributed by atoms with Gasteiger partial charge in [0, 0.05) is 24.7 Å². The van der Waals surface area contributed by atoms with Crippen molar-refractivity contribution in [2.75, 3.05) is 31.5 Å². The van der Waals surface area contributed by atoms with E-state index < -0.39 is 0 Å². The molecule has 0 aliphatic carbocycles. The van der Waals surface area contributed by atoms with E-state index in [-0.39, 0.29) is 17.7 Å². The molecule has 5 nitrogen and oxygen atoms in total. The van der Waals surface area contributed by atoms with Crippen molar-refractivity contribution < 1.29 is 9.59 Å². The van der Waals surface area contributed by atoms with Crippen molar-refractivity contribution in [3.8, 4) is 0 Å². The van der Waals surface area contributed by atoms with Crippen molar-refractivity contribution in [1.82, 2.24) is 10.2 Å². The summed E-state index contributed by atoms with van der Waals surface area (Å²) in [6, 6.07) is 18.3. The highest BCUT2D eigenvalue weighted by Crippen LogP contribution is 2.20. The lowest BCUT2D eigenvalue weighted by Gasteiger charge is -2.32. The molecular formula is C25H33N3O2. The van der Waals surface area contributed by atoms with Gasteiger partial charge >= 0.3 is 0 Å². The number of carbonyl (C=O) groups excluding carboxylic acids is 2. The molecule has 0 spiro atoms. The van der Waals surface area contributed by atoms with Crippen LogP contribution in [-0.4, -0.2) is 42.9 Å². The summed E-state index contributed by atoms with van der Waals surface area (Å²) < 4.78 is 0. The number of likely N-dealkylation sites (tertiary alicyclic amines) is 1. The zero-order valence-electron chi connectivity index (χ0n) is 18.1. The van der Waals surface area contributed by atoms with Crippen LogP contribution in [-0.2, 0) is 16.0 Å². The molecule has 160 valence electrons. The highest BCUT2D eigenvalue weighted by atomic mass is 16.2. The highest BCUT2D eigenvalue weighted by Gasteiger charge is 2.22. The van der Waals surface area contributed by atoms with Crippen molar-refractivity contribution in [2.45, 2.75) is 33.1 Å². The first-order chi connectivity index (χ1) is 14.5. The van der Waals surface area contributed by atoms with Gasteiger partial charge in [-0.05, 0) is 48.9 Å². The monoisotopic (exact) mass is 407 g/mol. The molecule has 1 aliphatic rings. The molecule has 3 rings (SSSR count). The number of benzene rings is 2. The van der Waals surface area contributed by atoms with Gasteiger partial charge in [-0.3, -0.25) is 14.5 Å². The third-order valence-electron chi connectivity index (χ3n) is 5.59. The summed E-state index contributed by atoms with van der Waals surface area (Å²) in [4.78, 5) is 26.7. The summed E-state index contributed by atoms with van der Waals surface area (Å²) in [6.07, 6.45) is 2.94. The standard InChI is InChI=1S/C25H33N3O2/c1-19(2)25(30)26-16-21-11-8-14-28(17-21)18-24(29)27-23-13-7-6-12-22(23)15-20-9-4-3-5-10-20/h3-7,9-10,12-13,19,21H,8,11,14-18H2,1-2H3,(H,26,30)(H,27,29). The predicted octanol–water partition coefficient (Wildman–Crippen LogP) is 3.70. The first-order valence-electron chi connectivity index (χ1n) is 10.9. The van der Waals surface area contributed by atoms with Gasteiger partial charge in [0.25, 0.3) is 0 Å². The van der Waals surface area contributed by atoms with Crippen LogP contribution in [0.2, 0.25) is 0 Å². The quantitative estimate of drug-likeness (QED) is 0.701. The zero-order valence-corrected chi connectivity index (χ0v) is 18.1. The van der Waals surface area contributed by atoms with Crippen LogP contribution in [0.25, 0.3) is 0 Å². The van der Waals surface area contributed by atoms with Gasteiger partial charge in [-0.15, -0.1) is 0 Å². The lowest BCUT2D eigenvalue weighted by atomic mass is 9.97. The Morgan fingerprint density at radius 1 is 1.07 bits per heavy atom. The molecule has 0 bridgehead atoms. The highest BCUT2D eigenvalue weighted by molar-refractivity contribution is 5.93. The SMILES string of the molecule is CC(C)C(=O)NCC1CCCN(CC(=O)Nc2ccccc2Cc2ccccc2)C1. The summed E-state index contributed by atoms with van der Waals surface area (Å²) in [7, 11) is 0. The molecule has 1 unspecified atom stereocenters. The first-order valence-corrected chi connectivity index (χ1v) is 10.9. The fourth-order valence-electron chi connectivity index (χ4n) is 3.92. The maximum atomic E-state index is 12.7. The number of para-hydroxylation sites is 1. The Labute approximate surface area is 179 Å². The van der Waals surface area contributed by atoms with E-state index in [0.717, 1.165) is 43.6 Å². The number of rotatable bonds is 8. The number of anilines is 1. The molecule has 1 aliphatic heterocycles. The van der Waals surface area contributed by atoms with Crippen LogP contribution in [0.15, 0.2) is 54.6 Å². The third kappa shape index (κ3) is 6.70. The molecule has 2 amide bonds. The Morgan fingerprint density at radius 3 is 2.57 bits per heavy atom. The second kappa shape index (κ2) is 10.9. The Morgan fingerprint density at radius 2 is 1.80 bits per heavy atom. The van der Waals surface area contributed by atoms with Gasteiger partial charge in [-0.25, -0.2) is 0 Å². The van der Waals surface area contributed by atoms with E-state index in [0.29, 0.717) is 19.0 Å². The molecule has 2 N–H and O–H groups in total. The van der Waals surface area contributed by atoms with Crippen LogP contribution in [0, 0.1) is 11.8 Å². The molecule has 1 fully saturated rings. The summed E-state index contributed by atoms with van der Waals surface area (Å²) in [6.45, 7) is 6.65. The molecule has 1 saturated heterocycles. The van der Waals surface area contributed by atoms with Gasteiger partial charge in [-0.2, -0.15) is 0 Å². The van der Waals surface area contributed by atoms with E-state index in [2.05, 4.69) is 33.7 Å². The van der Waals surface area contributed by atoms with E-state index in [9.17, 15) is 9.59 Å². The number of amides is 2. The minimum atomic E-state index is 0.00595. The number of piperidine rings is 1. The van der Waals surface area contributed by atoms with E-state index in [1.54, 1.807) is 0 Å². The molecule has 2 aromatic carbocycles. The van der Waals surface area contributed by atoms with Crippen molar-refractivity contribution in [2.24, 2.45) is 11.8 Å². The number of nitrogens with one attached hydrogen (secondary N) is 2. The second-order valence-corrected chi connectivity index (χ2v) is 8.51. The van der Waals surface area contributed by atoms with Gasteiger partial charge in [0.1, 0.15) is 0 Å².